The molecule has 2 aliphatic heterocycles. The Morgan fingerprint density at radius 3 is 2.58 bits per heavy atom. The van der Waals surface area contributed by atoms with Crippen LogP contribution in [0.1, 0.15) is 58.1 Å². The Kier molecular flexibility index (Phi) is 5.13. The first-order valence-electron chi connectivity index (χ1n) is 9.17. The van der Waals surface area contributed by atoms with Gasteiger partial charge in [0.05, 0.1) is 6.10 Å². The van der Waals surface area contributed by atoms with Crippen LogP contribution in [0.3, 0.4) is 0 Å². The molecule has 0 aromatic carbocycles. The maximum atomic E-state index is 13.0. The molecule has 0 spiro atoms. The minimum Gasteiger partial charge on any atom is -0.393 e. The molecule has 0 saturated carbocycles. The first-order chi connectivity index (χ1) is 11.5. The Morgan fingerprint density at radius 2 is 2.00 bits per heavy atom. The second kappa shape index (κ2) is 7.13. The molecule has 2 aliphatic rings. The predicted molar refractivity (Wildman–Crippen MR) is 91.9 cm³/mol. The first-order valence-corrected chi connectivity index (χ1v) is 9.17. The van der Waals surface area contributed by atoms with Gasteiger partial charge in [0.25, 0.3) is 0 Å². The molecule has 24 heavy (non-hydrogen) atoms. The summed E-state index contributed by atoms with van der Waals surface area (Å²) in [7, 11) is 0. The van der Waals surface area contributed by atoms with Crippen LogP contribution in [0, 0.1) is 5.92 Å². The summed E-state index contributed by atoms with van der Waals surface area (Å²) in [6.45, 7) is 8.63. The number of hydrogen-bond donors (Lipinski definition) is 1. The zero-order chi connectivity index (χ0) is 17.3. The fraction of sp³-hybridized carbons (Fsp3) is 0.778. The Bertz CT molecular complexity index is 564. The van der Waals surface area contributed by atoms with Crippen molar-refractivity contribution in [3.8, 4) is 0 Å². The second-order valence-corrected chi connectivity index (χ2v) is 7.55. The summed E-state index contributed by atoms with van der Waals surface area (Å²) in [5.41, 5.74) is 0. The highest BCUT2D eigenvalue weighted by Crippen LogP contribution is 2.32. The van der Waals surface area contributed by atoms with E-state index in [2.05, 4.69) is 30.8 Å². The molecule has 0 bridgehead atoms. The highest BCUT2D eigenvalue weighted by molar-refractivity contribution is 5.84. The summed E-state index contributed by atoms with van der Waals surface area (Å²) >= 11 is 0. The molecule has 6 heteroatoms. The zero-order valence-corrected chi connectivity index (χ0v) is 14.9. The van der Waals surface area contributed by atoms with Crippen LogP contribution in [0.25, 0.3) is 0 Å². The molecule has 2 unspecified atom stereocenters. The second-order valence-electron chi connectivity index (χ2n) is 7.55. The van der Waals surface area contributed by atoms with E-state index in [9.17, 15) is 9.90 Å². The number of aliphatic hydroxyl groups excluding tert-OH is 1. The van der Waals surface area contributed by atoms with Gasteiger partial charge in [0.2, 0.25) is 5.91 Å². The van der Waals surface area contributed by atoms with Gasteiger partial charge >= 0.3 is 0 Å². The molecule has 1 amide bonds. The molecule has 1 N–H and O–H groups in total. The maximum Gasteiger partial charge on any atom is 0.233 e. The lowest BCUT2D eigenvalue weighted by atomic mass is 9.91. The number of aliphatic hydroxyl groups is 1. The summed E-state index contributed by atoms with van der Waals surface area (Å²) in [4.78, 5) is 17.1. The summed E-state index contributed by atoms with van der Waals surface area (Å²) in [6, 6.07) is 2.23. The van der Waals surface area contributed by atoms with Crippen molar-refractivity contribution in [2.24, 2.45) is 5.92 Å². The maximum absolute atomic E-state index is 13.0. The Morgan fingerprint density at radius 1 is 1.29 bits per heavy atom. The third kappa shape index (κ3) is 3.43. The lowest BCUT2D eigenvalue weighted by Crippen LogP contribution is -2.39. The van der Waals surface area contributed by atoms with E-state index in [1.807, 2.05) is 11.0 Å². The summed E-state index contributed by atoms with van der Waals surface area (Å²) in [5.74, 6) is 1.49. The average Bonchev–Trinajstić information content (AvgIpc) is 3.17. The highest BCUT2D eigenvalue weighted by Gasteiger charge is 2.36. The summed E-state index contributed by atoms with van der Waals surface area (Å²) < 4.78 is 5.58. The largest absolute Gasteiger partial charge is 0.393 e. The van der Waals surface area contributed by atoms with Crippen LogP contribution in [-0.4, -0.2) is 52.9 Å². The quantitative estimate of drug-likeness (QED) is 0.915. The molecule has 2 atom stereocenters. The minimum atomic E-state index is -0.276. The van der Waals surface area contributed by atoms with Gasteiger partial charge in [0.1, 0.15) is 5.92 Å². The van der Waals surface area contributed by atoms with Gasteiger partial charge < -0.3 is 19.4 Å². The number of piperidine rings is 1. The van der Waals surface area contributed by atoms with Gasteiger partial charge in [-0.2, -0.15) is 0 Å². The Balaban J connectivity index is 1.76. The molecule has 1 aromatic heterocycles. The van der Waals surface area contributed by atoms with Gasteiger partial charge in [0, 0.05) is 31.7 Å². The van der Waals surface area contributed by atoms with Crippen LogP contribution in [0.2, 0.25) is 0 Å². The highest BCUT2D eigenvalue weighted by atomic mass is 16.5. The van der Waals surface area contributed by atoms with E-state index in [-0.39, 0.29) is 23.8 Å². The monoisotopic (exact) mass is 335 g/mol. The number of likely N-dealkylation sites (tertiary alicyclic amines) is 1. The smallest absolute Gasteiger partial charge is 0.233 e. The van der Waals surface area contributed by atoms with Crippen LogP contribution < -0.4 is 4.90 Å². The lowest BCUT2D eigenvalue weighted by Gasteiger charge is -2.29. The minimum absolute atomic E-state index is 0.159. The molecule has 3 heterocycles. The fourth-order valence-electron chi connectivity index (χ4n) is 3.84. The van der Waals surface area contributed by atoms with Crippen molar-refractivity contribution in [1.29, 1.82) is 0 Å². The molecule has 0 radical (unpaired) electrons. The van der Waals surface area contributed by atoms with Crippen molar-refractivity contribution in [2.75, 3.05) is 24.5 Å². The van der Waals surface area contributed by atoms with Crippen molar-refractivity contribution < 1.29 is 14.4 Å². The molecule has 2 fully saturated rings. The molecule has 6 nitrogen and oxygen atoms in total. The van der Waals surface area contributed by atoms with Crippen LogP contribution in [0.4, 0.5) is 5.82 Å². The van der Waals surface area contributed by atoms with E-state index >= 15 is 0 Å². The topological polar surface area (TPSA) is 69.8 Å². The molecular weight excluding hydrogens is 306 g/mol. The van der Waals surface area contributed by atoms with Crippen LogP contribution in [-0.2, 0) is 4.79 Å². The van der Waals surface area contributed by atoms with Gasteiger partial charge in [0.15, 0.2) is 11.6 Å². The number of aromatic nitrogens is 1. The summed E-state index contributed by atoms with van der Waals surface area (Å²) in [5, 5.41) is 13.8. The SMILES string of the molecule is CC(C)C(C(=O)N1CCCC1C)c1cc(N2CCC(O)CC2)no1. The third-order valence-corrected chi connectivity index (χ3v) is 5.38. The molecule has 3 rings (SSSR count). The normalized spacial score (nSPS) is 24.0. The number of nitrogens with zero attached hydrogens (tertiary/aromatic N) is 3. The predicted octanol–water partition coefficient (Wildman–Crippen LogP) is 2.39. The van der Waals surface area contributed by atoms with E-state index in [1.165, 1.54) is 0 Å². The molecule has 134 valence electrons. The van der Waals surface area contributed by atoms with Crippen molar-refractivity contribution in [1.82, 2.24) is 10.1 Å². The van der Waals surface area contributed by atoms with E-state index in [1.54, 1.807) is 0 Å². The number of rotatable bonds is 4. The van der Waals surface area contributed by atoms with E-state index in [0.29, 0.717) is 11.8 Å². The van der Waals surface area contributed by atoms with E-state index in [4.69, 9.17) is 4.52 Å². The zero-order valence-electron chi connectivity index (χ0n) is 14.9. The van der Waals surface area contributed by atoms with E-state index in [0.717, 1.165) is 51.1 Å². The van der Waals surface area contributed by atoms with Crippen molar-refractivity contribution in [3.05, 3.63) is 11.8 Å². The summed E-state index contributed by atoms with van der Waals surface area (Å²) in [6.07, 6.45) is 3.44. The van der Waals surface area contributed by atoms with Crippen molar-refractivity contribution >= 4 is 11.7 Å². The fourth-order valence-corrected chi connectivity index (χ4v) is 3.84. The Labute approximate surface area is 143 Å². The number of hydrogen-bond acceptors (Lipinski definition) is 5. The van der Waals surface area contributed by atoms with Crippen molar-refractivity contribution in [2.45, 2.75) is 64.5 Å². The molecule has 1 aromatic rings. The number of carbonyl (C=O) groups is 1. The third-order valence-electron chi connectivity index (χ3n) is 5.38. The Hall–Kier alpha value is -1.56. The van der Waals surface area contributed by atoms with Gasteiger partial charge in [-0.3, -0.25) is 4.79 Å². The number of carbonyl (C=O) groups excluding carboxylic acids is 1. The van der Waals surface area contributed by atoms with Gasteiger partial charge in [-0.15, -0.1) is 0 Å². The number of anilines is 1. The lowest BCUT2D eigenvalue weighted by molar-refractivity contribution is -0.134. The van der Waals surface area contributed by atoms with Crippen LogP contribution >= 0.6 is 0 Å². The van der Waals surface area contributed by atoms with E-state index < -0.39 is 0 Å². The molecule has 0 aliphatic carbocycles. The number of amides is 1. The van der Waals surface area contributed by atoms with Crippen LogP contribution in [0.15, 0.2) is 10.6 Å². The standard InChI is InChI=1S/C18H29N3O3/c1-12(2)17(18(23)21-8-4-5-13(21)3)15-11-16(19-24-15)20-9-6-14(22)7-10-20/h11-14,17,22H,4-10H2,1-3H3. The molecule has 2 saturated heterocycles. The average molecular weight is 335 g/mol. The van der Waals surface area contributed by atoms with Crippen molar-refractivity contribution in [3.63, 3.8) is 0 Å². The first kappa shape index (κ1) is 17.3. The van der Waals surface area contributed by atoms with Gasteiger partial charge in [-0.25, -0.2) is 0 Å². The van der Waals surface area contributed by atoms with Gasteiger partial charge in [-0.1, -0.05) is 19.0 Å². The van der Waals surface area contributed by atoms with Gasteiger partial charge in [-0.05, 0) is 38.5 Å². The van der Waals surface area contributed by atoms with Crippen LogP contribution in [0.5, 0.6) is 0 Å². The molecular formula is C18H29N3O3.